The van der Waals surface area contributed by atoms with Crippen LogP contribution in [0.2, 0.25) is 0 Å². The molecule has 0 radical (unpaired) electrons. The summed E-state index contributed by atoms with van der Waals surface area (Å²) in [5.41, 5.74) is 6.03. The largest absolute Gasteiger partial charge is 0.366 e. The van der Waals surface area contributed by atoms with E-state index in [0.717, 1.165) is 19.5 Å². The van der Waals surface area contributed by atoms with Crippen molar-refractivity contribution in [3.8, 4) is 0 Å². The Balaban J connectivity index is 1.72. The molecule has 3 N–H and O–H groups in total. The lowest BCUT2D eigenvalue weighted by Crippen LogP contribution is -2.25. The Kier molecular flexibility index (Phi) is 5.49. The van der Waals surface area contributed by atoms with Gasteiger partial charge in [0.25, 0.3) is 0 Å². The molecule has 20 heavy (non-hydrogen) atoms. The third kappa shape index (κ3) is 4.28. The Morgan fingerprint density at radius 3 is 2.80 bits per heavy atom. The van der Waals surface area contributed by atoms with Crippen LogP contribution in [0.3, 0.4) is 0 Å². The lowest BCUT2D eigenvalue weighted by Gasteiger charge is -2.14. The van der Waals surface area contributed by atoms with Crippen molar-refractivity contribution in [2.24, 2.45) is 5.73 Å². The number of hydrogen-bond donors (Lipinski definition) is 2. The Bertz CT molecular complexity index is 458. The van der Waals surface area contributed by atoms with E-state index in [-0.39, 0.29) is 5.82 Å². The number of hydrogen-bond acceptors (Lipinski definition) is 3. The van der Waals surface area contributed by atoms with Crippen molar-refractivity contribution in [2.75, 3.05) is 26.2 Å². The SMILES string of the molecule is NC(=O)c1ccc(F)c(CNCCCN2CCCC2)c1. The summed E-state index contributed by atoms with van der Waals surface area (Å²) >= 11 is 0. The predicted molar refractivity (Wildman–Crippen MR) is 76.9 cm³/mol. The van der Waals surface area contributed by atoms with Crippen molar-refractivity contribution in [2.45, 2.75) is 25.8 Å². The number of nitrogens with one attached hydrogen (secondary N) is 1. The summed E-state index contributed by atoms with van der Waals surface area (Å²) in [5.74, 6) is -0.831. The van der Waals surface area contributed by atoms with Crippen LogP contribution in [-0.4, -0.2) is 37.0 Å². The van der Waals surface area contributed by atoms with Crippen LogP contribution >= 0.6 is 0 Å². The number of nitrogens with zero attached hydrogens (tertiary/aromatic N) is 1. The predicted octanol–water partition coefficient (Wildman–Crippen LogP) is 1.50. The maximum absolute atomic E-state index is 13.6. The van der Waals surface area contributed by atoms with Gasteiger partial charge in [0.1, 0.15) is 5.82 Å². The Hall–Kier alpha value is -1.46. The summed E-state index contributed by atoms with van der Waals surface area (Å²) in [6.07, 6.45) is 3.66. The maximum Gasteiger partial charge on any atom is 0.248 e. The van der Waals surface area contributed by atoms with Gasteiger partial charge in [0.2, 0.25) is 5.91 Å². The van der Waals surface area contributed by atoms with Gasteiger partial charge in [0, 0.05) is 17.7 Å². The lowest BCUT2D eigenvalue weighted by atomic mass is 10.1. The number of carbonyl (C=O) groups excluding carboxylic acids is 1. The maximum atomic E-state index is 13.6. The molecule has 110 valence electrons. The molecule has 1 aliphatic heterocycles. The molecule has 1 amide bonds. The molecule has 0 aliphatic carbocycles. The molecule has 1 aliphatic rings. The van der Waals surface area contributed by atoms with Crippen LogP contribution in [0.5, 0.6) is 0 Å². The fourth-order valence-corrected chi connectivity index (χ4v) is 2.52. The smallest absolute Gasteiger partial charge is 0.248 e. The Morgan fingerprint density at radius 2 is 2.10 bits per heavy atom. The van der Waals surface area contributed by atoms with E-state index in [1.54, 1.807) is 0 Å². The van der Waals surface area contributed by atoms with Crippen LogP contribution in [0.25, 0.3) is 0 Å². The molecular weight excluding hydrogens is 257 g/mol. The number of benzene rings is 1. The number of carbonyl (C=O) groups is 1. The standard InChI is InChI=1S/C15H22FN3O/c16-14-5-4-12(15(17)20)10-13(14)11-18-6-3-9-19-7-1-2-8-19/h4-5,10,18H,1-3,6-9,11H2,(H2,17,20). The first-order chi connectivity index (χ1) is 9.66. The average Bonchev–Trinajstić information content (AvgIpc) is 2.93. The molecule has 1 heterocycles. The summed E-state index contributed by atoms with van der Waals surface area (Å²) in [4.78, 5) is 13.5. The number of rotatable bonds is 7. The van der Waals surface area contributed by atoms with Crippen molar-refractivity contribution in [1.82, 2.24) is 10.2 Å². The first kappa shape index (κ1) is 14.9. The number of halogens is 1. The average molecular weight is 279 g/mol. The normalized spacial score (nSPS) is 15.7. The molecule has 2 rings (SSSR count). The van der Waals surface area contributed by atoms with Crippen LogP contribution in [0.15, 0.2) is 18.2 Å². The van der Waals surface area contributed by atoms with Gasteiger partial charge in [-0.1, -0.05) is 0 Å². The molecule has 5 heteroatoms. The van der Waals surface area contributed by atoms with Crippen LogP contribution in [0.4, 0.5) is 4.39 Å². The van der Waals surface area contributed by atoms with E-state index in [0.29, 0.717) is 17.7 Å². The molecule has 4 nitrogen and oxygen atoms in total. The summed E-state index contributed by atoms with van der Waals surface area (Å²) in [6.45, 7) is 4.77. The topological polar surface area (TPSA) is 58.4 Å². The van der Waals surface area contributed by atoms with E-state index in [1.807, 2.05) is 0 Å². The second kappa shape index (κ2) is 7.36. The van der Waals surface area contributed by atoms with Gasteiger partial charge in [-0.3, -0.25) is 4.79 Å². The summed E-state index contributed by atoms with van der Waals surface area (Å²) < 4.78 is 13.6. The van der Waals surface area contributed by atoms with Gasteiger partial charge in [0.15, 0.2) is 0 Å². The molecule has 0 aromatic heterocycles. The Labute approximate surface area is 119 Å². The van der Waals surface area contributed by atoms with E-state index in [2.05, 4.69) is 10.2 Å². The van der Waals surface area contributed by atoms with Crippen LogP contribution in [0.1, 0.15) is 35.2 Å². The summed E-state index contributed by atoms with van der Waals surface area (Å²) in [7, 11) is 0. The van der Waals surface area contributed by atoms with Gasteiger partial charge in [-0.05, 0) is 63.6 Å². The van der Waals surface area contributed by atoms with Crippen molar-refractivity contribution in [1.29, 1.82) is 0 Å². The van der Waals surface area contributed by atoms with E-state index < -0.39 is 5.91 Å². The minimum atomic E-state index is -0.528. The van der Waals surface area contributed by atoms with Crippen molar-refractivity contribution in [3.63, 3.8) is 0 Å². The summed E-state index contributed by atoms with van der Waals surface area (Å²) in [5, 5.41) is 3.21. The molecule has 1 fully saturated rings. The minimum Gasteiger partial charge on any atom is -0.366 e. The Morgan fingerprint density at radius 1 is 1.35 bits per heavy atom. The fraction of sp³-hybridized carbons (Fsp3) is 0.533. The molecule has 0 saturated carbocycles. The zero-order valence-corrected chi connectivity index (χ0v) is 11.7. The molecule has 0 bridgehead atoms. The molecule has 0 atom stereocenters. The first-order valence-electron chi connectivity index (χ1n) is 7.18. The highest BCUT2D eigenvalue weighted by Crippen LogP contribution is 2.10. The molecule has 0 spiro atoms. The highest BCUT2D eigenvalue weighted by molar-refractivity contribution is 5.92. The van der Waals surface area contributed by atoms with E-state index >= 15 is 0 Å². The zero-order valence-electron chi connectivity index (χ0n) is 11.7. The third-order valence-electron chi connectivity index (χ3n) is 3.67. The van der Waals surface area contributed by atoms with Gasteiger partial charge < -0.3 is 16.0 Å². The van der Waals surface area contributed by atoms with Gasteiger partial charge in [-0.25, -0.2) is 4.39 Å². The van der Waals surface area contributed by atoms with Gasteiger partial charge in [-0.2, -0.15) is 0 Å². The van der Waals surface area contributed by atoms with Crippen molar-refractivity contribution >= 4 is 5.91 Å². The highest BCUT2D eigenvalue weighted by atomic mass is 19.1. The molecule has 1 saturated heterocycles. The fourth-order valence-electron chi connectivity index (χ4n) is 2.52. The van der Waals surface area contributed by atoms with Gasteiger partial charge in [0.05, 0.1) is 0 Å². The molecule has 0 unspecified atom stereocenters. The molecular formula is C15H22FN3O. The van der Waals surface area contributed by atoms with Gasteiger partial charge in [-0.15, -0.1) is 0 Å². The van der Waals surface area contributed by atoms with E-state index in [4.69, 9.17) is 5.73 Å². The second-order valence-electron chi connectivity index (χ2n) is 5.25. The minimum absolute atomic E-state index is 0.304. The lowest BCUT2D eigenvalue weighted by molar-refractivity contribution is 0.1000. The summed E-state index contributed by atoms with van der Waals surface area (Å²) in [6, 6.07) is 4.22. The van der Waals surface area contributed by atoms with Crippen molar-refractivity contribution in [3.05, 3.63) is 35.1 Å². The number of nitrogens with two attached hydrogens (primary N) is 1. The monoisotopic (exact) mass is 279 g/mol. The highest BCUT2D eigenvalue weighted by Gasteiger charge is 2.10. The zero-order chi connectivity index (χ0) is 14.4. The molecule has 1 aromatic rings. The second-order valence-corrected chi connectivity index (χ2v) is 5.25. The van der Waals surface area contributed by atoms with Crippen LogP contribution in [-0.2, 0) is 6.54 Å². The van der Waals surface area contributed by atoms with Gasteiger partial charge >= 0.3 is 0 Å². The first-order valence-corrected chi connectivity index (χ1v) is 7.18. The number of amides is 1. The molecule has 1 aromatic carbocycles. The van der Waals surface area contributed by atoms with Crippen LogP contribution < -0.4 is 11.1 Å². The van der Waals surface area contributed by atoms with Crippen molar-refractivity contribution < 1.29 is 9.18 Å². The van der Waals surface area contributed by atoms with Crippen LogP contribution in [0, 0.1) is 5.82 Å². The quantitative estimate of drug-likeness (QED) is 0.744. The number of likely N-dealkylation sites (tertiary alicyclic amines) is 1. The van der Waals surface area contributed by atoms with E-state index in [1.165, 1.54) is 44.1 Å². The number of primary amides is 1. The third-order valence-corrected chi connectivity index (χ3v) is 3.67. The van der Waals surface area contributed by atoms with E-state index in [9.17, 15) is 9.18 Å².